The molecule has 15 heavy (non-hydrogen) atoms. The molecule has 1 heterocycles. The third-order valence-electron chi connectivity index (χ3n) is 1.97. The van der Waals surface area contributed by atoms with E-state index in [9.17, 15) is 0 Å². The SMILES string of the molecule is CC(C)CCOc1ccc(C(N)=S)cn1. The van der Waals surface area contributed by atoms with E-state index in [0.29, 0.717) is 23.4 Å². The fraction of sp³-hybridized carbons (Fsp3) is 0.455. The van der Waals surface area contributed by atoms with Crippen LogP contribution in [0.5, 0.6) is 5.88 Å². The molecule has 0 amide bonds. The first-order valence-corrected chi connectivity index (χ1v) is 5.39. The van der Waals surface area contributed by atoms with Gasteiger partial charge in [0, 0.05) is 17.8 Å². The summed E-state index contributed by atoms with van der Waals surface area (Å²) in [5.41, 5.74) is 6.22. The zero-order valence-electron chi connectivity index (χ0n) is 9.06. The van der Waals surface area contributed by atoms with Crippen LogP contribution in [-0.4, -0.2) is 16.6 Å². The molecule has 1 rings (SSSR count). The maximum Gasteiger partial charge on any atom is 0.213 e. The van der Waals surface area contributed by atoms with Crippen LogP contribution in [0.2, 0.25) is 0 Å². The fourth-order valence-corrected chi connectivity index (χ4v) is 1.13. The van der Waals surface area contributed by atoms with Gasteiger partial charge in [0.1, 0.15) is 4.99 Å². The number of aromatic nitrogens is 1. The minimum atomic E-state index is 0.358. The maximum atomic E-state index is 5.46. The lowest BCUT2D eigenvalue weighted by Gasteiger charge is -2.07. The Morgan fingerprint density at radius 3 is 2.73 bits per heavy atom. The molecule has 1 aromatic rings. The standard InChI is InChI=1S/C11H16N2OS/c1-8(2)5-6-14-10-4-3-9(7-13-10)11(12)15/h3-4,7-8H,5-6H2,1-2H3,(H2,12,15). The largest absolute Gasteiger partial charge is 0.478 e. The Hall–Kier alpha value is -1.16. The lowest BCUT2D eigenvalue weighted by molar-refractivity contribution is 0.279. The molecule has 4 heteroatoms. The number of hydrogen-bond donors (Lipinski definition) is 1. The molecule has 0 saturated carbocycles. The molecule has 0 aromatic carbocycles. The summed E-state index contributed by atoms with van der Waals surface area (Å²) in [6.07, 6.45) is 2.66. The highest BCUT2D eigenvalue weighted by Gasteiger charge is 1.99. The summed E-state index contributed by atoms with van der Waals surface area (Å²) in [5, 5.41) is 0. The molecule has 0 aliphatic rings. The van der Waals surface area contributed by atoms with Crippen molar-refractivity contribution in [1.82, 2.24) is 4.98 Å². The summed E-state index contributed by atoms with van der Waals surface area (Å²) in [5.74, 6) is 1.26. The second kappa shape index (κ2) is 5.66. The molecule has 3 nitrogen and oxygen atoms in total. The highest BCUT2D eigenvalue weighted by Crippen LogP contribution is 2.09. The zero-order chi connectivity index (χ0) is 11.3. The number of nitrogens with two attached hydrogens (primary N) is 1. The molecule has 0 aliphatic heterocycles. The van der Waals surface area contributed by atoms with Crippen molar-refractivity contribution in [3.05, 3.63) is 23.9 Å². The number of ether oxygens (including phenoxy) is 1. The molecule has 0 unspecified atom stereocenters. The Labute approximate surface area is 95.7 Å². The molecule has 0 saturated heterocycles. The summed E-state index contributed by atoms with van der Waals surface area (Å²) in [4.78, 5) is 4.46. The summed E-state index contributed by atoms with van der Waals surface area (Å²) in [6.45, 7) is 5.01. The van der Waals surface area contributed by atoms with Gasteiger partial charge >= 0.3 is 0 Å². The van der Waals surface area contributed by atoms with Crippen LogP contribution >= 0.6 is 12.2 Å². The van der Waals surface area contributed by atoms with Crippen LogP contribution in [0, 0.1) is 5.92 Å². The van der Waals surface area contributed by atoms with Crippen molar-refractivity contribution >= 4 is 17.2 Å². The molecule has 0 fully saturated rings. The van der Waals surface area contributed by atoms with Crippen molar-refractivity contribution in [2.75, 3.05) is 6.61 Å². The molecule has 0 radical (unpaired) electrons. The summed E-state index contributed by atoms with van der Waals surface area (Å²) in [7, 11) is 0. The van der Waals surface area contributed by atoms with Crippen molar-refractivity contribution in [3.63, 3.8) is 0 Å². The highest BCUT2D eigenvalue weighted by atomic mass is 32.1. The average Bonchev–Trinajstić information content (AvgIpc) is 2.18. The monoisotopic (exact) mass is 224 g/mol. The lowest BCUT2D eigenvalue weighted by atomic mass is 10.1. The minimum Gasteiger partial charge on any atom is -0.478 e. The molecule has 0 aliphatic carbocycles. The van der Waals surface area contributed by atoms with Gasteiger partial charge in [0.2, 0.25) is 5.88 Å². The number of pyridine rings is 1. The average molecular weight is 224 g/mol. The van der Waals surface area contributed by atoms with E-state index in [-0.39, 0.29) is 0 Å². The second-order valence-corrected chi connectivity index (χ2v) is 4.22. The van der Waals surface area contributed by atoms with Gasteiger partial charge in [-0.1, -0.05) is 26.1 Å². The lowest BCUT2D eigenvalue weighted by Crippen LogP contribution is -2.10. The van der Waals surface area contributed by atoms with E-state index in [4.69, 9.17) is 22.7 Å². The molecule has 2 N–H and O–H groups in total. The van der Waals surface area contributed by atoms with Crippen molar-refractivity contribution in [1.29, 1.82) is 0 Å². The van der Waals surface area contributed by atoms with Crippen molar-refractivity contribution in [2.45, 2.75) is 20.3 Å². The van der Waals surface area contributed by atoms with Crippen LogP contribution in [0.1, 0.15) is 25.8 Å². The predicted octanol–water partition coefficient (Wildman–Crippen LogP) is 2.14. The van der Waals surface area contributed by atoms with Crippen molar-refractivity contribution < 1.29 is 4.74 Å². The number of thiocarbonyl (C=S) groups is 1. The predicted molar refractivity (Wildman–Crippen MR) is 65.1 cm³/mol. The van der Waals surface area contributed by atoms with Crippen LogP contribution in [0.4, 0.5) is 0 Å². The quantitative estimate of drug-likeness (QED) is 0.778. The van der Waals surface area contributed by atoms with E-state index in [2.05, 4.69) is 18.8 Å². The van der Waals surface area contributed by atoms with E-state index >= 15 is 0 Å². The summed E-state index contributed by atoms with van der Waals surface area (Å²) < 4.78 is 5.46. The Morgan fingerprint density at radius 1 is 1.53 bits per heavy atom. The van der Waals surface area contributed by atoms with Gasteiger partial charge in [-0.3, -0.25) is 0 Å². The molecule has 0 spiro atoms. The van der Waals surface area contributed by atoms with Gasteiger partial charge in [0.15, 0.2) is 0 Å². The van der Waals surface area contributed by atoms with Gasteiger partial charge in [-0.2, -0.15) is 0 Å². The second-order valence-electron chi connectivity index (χ2n) is 3.78. The van der Waals surface area contributed by atoms with Gasteiger partial charge in [-0.25, -0.2) is 4.98 Å². The highest BCUT2D eigenvalue weighted by molar-refractivity contribution is 7.80. The van der Waals surface area contributed by atoms with Crippen LogP contribution in [0.25, 0.3) is 0 Å². The third kappa shape index (κ3) is 4.25. The topological polar surface area (TPSA) is 48.1 Å². The maximum absolute atomic E-state index is 5.46. The molecule has 82 valence electrons. The van der Waals surface area contributed by atoms with E-state index in [1.165, 1.54) is 0 Å². The van der Waals surface area contributed by atoms with Crippen molar-refractivity contribution in [3.8, 4) is 5.88 Å². The van der Waals surface area contributed by atoms with E-state index in [1.54, 1.807) is 12.3 Å². The van der Waals surface area contributed by atoms with E-state index < -0.39 is 0 Å². The van der Waals surface area contributed by atoms with Crippen LogP contribution < -0.4 is 10.5 Å². The third-order valence-corrected chi connectivity index (χ3v) is 2.20. The van der Waals surface area contributed by atoms with Gasteiger partial charge in [0.05, 0.1) is 6.61 Å². The van der Waals surface area contributed by atoms with Crippen LogP contribution in [0.15, 0.2) is 18.3 Å². The summed E-state index contributed by atoms with van der Waals surface area (Å²) >= 11 is 4.82. The number of hydrogen-bond acceptors (Lipinski definition) is 3. The zero-order valence-corrected chi connectivity index (χ0v) is 9.88. The van der Waals surface area contributed by atoms with Crippen LogP contribution in [0.3, 0.4) is 0 Å². The Morgan fingerprint density at radius 2 is 2.27 bits per heavy atom. The first-order valence-electron chi connectivity index (χ1n) is 4.98. The smallest absolute Gasteiger partial charge is 0.213 e. The Balaban J connectivity index is 2.46. The fourth-order valence-electron chi connectivity index (χ4n) is 1.01. The van der Waals surface area contributed by atoms with Gasteiger partial charge in [-0.05, 0) is 18.4 Å². The molecule has 0 atom stereocenters. The number of rotatable bonds is 5. The summed E-state index contributed by atoms with van der Waals surface area (Å²) in [6, 6.07) is 3.61. The minimum absolute atomic E-state index is 0.358. The number of nitrogens with zero attached hydrogens (tertiary/aromatic N) is 1. The first-order chi connectivity index (χ1) is 7.09. The molecular weight excluding hydrogens is 208 g/mol. The molecule has 1 aromatic heterocycles. The molecular formula is C11H16N2OS. The van der Waals surface area contributed by atoms with Gasteiger partial charge in [-0.15, -0.1) is 0 Å². The van der Waals surface area contributed by atoms with E-state index in [0.717, 1.165) is 12.0 Å². The Bertz CT molecular complexity index is 322. The Kier molecular flexibility index (Phi) is 4.49. The first kappa shape index (κ1) is 11.9. The molecule has 0 bridgehead atoms. The van der Waals surface area contributed by atoms with Crippen LogP contribution in [-0.2, 0) is 0 Å². The normalized spacial score (nSPS) is 10.3. The van der Waals surface area contributed by atoms with Gasteiger partial charge in [0.25, 0.3) is 0 Å². The van der Waals surface area contributed by atoms with E-state index in [1.807, 2.05) is 6.07 Å². The van der Waals surface area contributed by atoms with Crippen molar-refractivity contribution in [2.24, 2.45) is 11.7 Å². The van der Waals surface area contributed by atoms with Gasteiger partial charge < -0.3 is 10.5 Å².